The van der Waals surface area contributed by atoms with Gasteiger partial charge in [-0.1, -0.05) is 92.4 Å². The highest BCUT2D eigenvalue weighted by Crippen LogP contribution is 2.66. The van der Waals surface area contributed by atoms with E-state index in [1.54, 1.807) is 0 Å². The van der Waals surface area contributed by atoms with E-state index in [0.717, 1.165) is 40.4 Å². The second-order valence-corrected chi connectivity index (χ2v) is 20.0. The number of alkyl halides is 2. The molecule has 0 saturated heterocycles. The molecule has 0 bridgehead atoms. The van der Waals surface area contributed by atoms with Gasteiger partial charge in [-0.15, -0.1) is 0 Å². The second-order valence-electron chi connectivity index (χ2n) is 12.3. The van der Waals surface area contributed by atoms with Crippen molar-refractivity contribution in [2.75, 3.05) is 26.4 Å². The molecule has 3 aromatic carbocycles. The Kier molecular flexibility index (Phi) is 11.6. The van der Waals surface area contributed by atoms with Crippen LogP contribution < -0.4 is 5.32 Å². The first-order valence-electron chi connectivity index (χ1n) is 15.4. The lowest BCUT2D eigenvalue weighted by Gasteiger charge is -2.26. The van der Waals surface area contributed by atoms with Crippen LogP contribution in [0.4, 0.5) is 13.6 Å². The lowest BCUT2D eigenvalue weighted by atomic mass is 9.98. The maximum absolute atomic E-state index is 15.2. The molecule has 3 aromatic rings. The minimum Gasteiger partial charge on any atom is -0.464 e. The van der Waals surface area contributed by atoms with Gasteiger partial charge in [0.25, 0.3) is 0 Å². The zero-order valence-electron chi connectivity index (χ0n) is 26.9. The van der Waals surface area contributed by atoms with Crippen molar-refractivity contribution in [1.29, 1.82) is 0 Å². The van der Waals surface area contributed by atoms with Gasteiger partial charge in [0.15, 0.2) is 0 Å². The molecule has 248 valence electrons. The number of ether oxygens (including phenoxy) is 2. The van der Waals surface area contributed by atoms with Crippen molar-refractivity contribution in [1.82, 2.24) is 5.32 Å². The lowest BCUT2D eigenvalue weighted by molar-refractivity contribution is -0.145. The van der Waals surface area contributed by atoms with Crippen LogP contribution in [0.2, 0.25) is 25.7 Å². The molecule has 4 rings (SSSR count). The van der Waals surface area contributed by atoms with E-state index in [4.69, 9.17) is 18.5 Å². The molecule has 0 fully saturated rings. The van der Waals surface area contributed by atoms with Crippen molar-refractivity contribution < 1.29 is 41.5 Å². The highest BCUT2D eigenvalue weighted by atomic mass is 31.2. The molecule has 1 amide bonds. The maximum Gasteiger partial charge on any atom is 0.407 e. The highest BCUT2D eigenvalue weighted by molar-refractivity contribution is 7.54. The molecule has 1 aliphatic carbocycles. The number of hydrogen-bond acceptors (Lipinski definition) is 7. The Morgan fingerprint density at radius 1 is 0.870 bits per heavy atom. The molecule has 0 saturated carbocycles. The SMILES string of the molecule is CCOP(=O)(OCC)C(F)(F)c1ccc(C[C@H](NC(=O)OCC2c3ccccc3-c3ccccc32)C(=O)OCC[Si](C)(C)C)cc1. The fraction of sp³-hybridized carbons (Fsp3) is 0.412. The van der Waals surface area contributed by atoms with Gasteiger partial charge in [-0.25, -0.2) is 9.59 Å². The van der Waals surface area contributed by atoms with Gasteiger partial charge in [0.2, 0.25) is 0 Å². The molecule has 46 heavy (non-hydrogen) atoms. The van der Waals surface area contributed by atoms with Gasteiger partial charge in [0, 0.05) is 26.0 Å². The van der Waals surface area contributed by atoms with Crippen LogP contribution >= 0.6 is 7.60 Å². The normalized spacial score (nSPS) is 13.9. The van der Waals surface area contributed by atoms with E-state index in [2.05, 4.69) is 25.0 Å². The van der Waals surface area contributed by atoms with Gasteiger partial charge in [-0.3, -0.25) is 4.57 Å². The Labute approximate surface area is 270 Å². The predicted octanol–water partition coefficient (Wildman–Crippen LogP) is 8.33. The number of hydrogen-bond donors (Lipinski definition) is 1. The average molecular weight is 674 g/mol. The average Bonchev–Trinajstić information content (AvgIpc) is 3.33. The van der Waals surface area contributed by atoms with E-state index >= 15 is 8.78 Å². The summed E-state index contributed by atoms with van der Waals surface area (Å²) in [5, 5.41) is 2.63. The van der Waals surface area contributed by atoms with Crippen LogP contribution in [0.1, 0.15) is 42.0 Å². The summed E-state index contributed by atoms with van der Waals surface area (Å²) in [6.07, 6.45) is -0.845. The van der Waals surface area contributed by atoms with Gasteiger partial charge in [0.05, 0.1) is 19.8 Å². The van der Waals surface area contributed by atoms with Crippen LogP contribution in [0.3, 0.4) is 0 Å². The summed E-state index contributed by atoms with van der Waals surface area (Å²) in [5.74, 6) is -0.822. The number of halogens is 2. The van der Waals surface area contributed by atoms with Crippen LogP contribution in [0.5, 0.6) is 0 Å². The van der Waals surface area contributed by atoms with Crippen molar-refractivity contribution in [3.05, 3.63) is 95.1 Å². The monoisotopic (exact) mass is 673 g/mol. The zero-order valence-corrected chi connectivity index (χ0v) is 28.8. The molecule has 0 aromatic heterocycles. The third-order valence-electron chi connectivity index (χ3n) is 7.70. The number of rotatable bonds is 15. The number of nitrogens with one attached hydrogen (secondary N) is 1. The molecule has 1 atom stereocenters. The summed E-state index contributed by atoms with van der Waals surface area (Å²) in [6.45, 7) is 9.20. The van der Waals surface area contributed by atoms with E-state index in [1.165, 1.54) is 26.0 Å². The largest absolute Gasteiger partial charge is 0.464 e. The molecule has 0 unspecified atom stereocenters. The second kappa shape index (κ2) is 15.0. The number of fused-ring (bicyclic) bond motifs is 3. The van der Waals surface area contributed by atoms with Crippen molar-refractivity contribution in [3.63, 3.8) is 0 Å². The van der Waals surface area contributed by atoms with Crippen molar-refractivity contribution in [2.45, 2.75) is 63.6 Å². The van der Waals surface area contributed by atoms with Crippen molar-refractivity contribution >= 4 is 27.7 Å². The summed E-state index contributed by atoms with van der Waals surface area (Å²) in [4.78, 5) is 26.3. The lowest BCUT2D eigenvalue weighted by Crippen LogP contribution is -2.44. The molecule has 12 heteroatoms. The summed E-state index contributed by atoms with van der Waals surface area (Å²) >= 11 is 0. The van der Waals surface area contributed by atoms with E-state index in [-0.39, 0.29) is 38.8 Å². The van der Waals surface area contributed by atoms with E-state index in [1.807, 2.05) is 48.5 Å². The molecular formula is C34H42F2NO7PSi. The van der Waals surface area contributed by atoms with E-state index in [9.17, 15) is 14.2 Å². The smallest absolute Gasteiger partial charge is 0.407 e. The van der Waals surface area contributed by atoms with Gasteiger partial charge < -0.3 is 23.8 Å². The Morgan fingerprint density at radius 2 is 1.41 bits per heavy atom. The van der Waals surface area contributed by atoms with Crippen LogP contribution in [0, 0.1) is 0 Å². The topological polar surface area (TPSA) is 100 Å². The first-order chi connectivity index (χ1) is 21.8. The molecule has 1 aliphatic rings. The Hall–Kier alpha value is -3.37. The molecule has 0 radical (unpaired) electrons. The van der Waals surface area contributed by atoms with E-state index < -0.39 is 45.0 Å². The summed E-state index contributed by atoms with van der Waals surface area (Å²) in [6, 6.07) is 20.5. The third kappa shape index (κ3) is 8.31. The number of benzene rings is 3. The molecule has 0 heterocycles. The van der Waals surface area contributed by atoms with Gasteiger partial charge in [-0.05, 0) is 47.7 Å². The molecule has 8 nitrogen and oxygen atoms in total. The summed E-state index contributed by atoms with van der Waals surface area (Å²) < 4.78 is 64.3. The fourth-order valence-electron chi connectivity index (χ4n) is 5.31. The van der Waals surface area contributed by atoms with E-state index in [0.29, 0.717) is 5.56 Å². The number of carbonyl (C=O) groups excluding carboxylic acids is 2. The fourth-order valence-corrected chi connectivity index (χ4v) is 7.57. The van der Waals surface area contributed by atoms with Crippen LogP contribution in [0.25, 0.3) is 11.1 Å². The Bertz CT molecular complexity index is 1510. The highest BCUT2D eigenvalue weighted by Gasteiger charge is 2.54. The minimum atomic E-state index is -4.78. The van der Waals surface area contributed by atoms with Crippen molar-refractivity contribution in [2.24, 2.45) is 0 Å². The third-order valence-corrected chi connectivity index (χ3v) is 11.5. The van der Waals surface area contributed by atoms with Gasteiger partial charge in [0.1, 0.15) is 12.6 Å². The van der Waals surface area contributed by atoms with Crippen LogP contribution in [-0.4, -0.2) is 52.6 Å². The molecule has 0 aliphatic heterocycles. The zero-order chi connectivity index (χ0) is 33.5. The number of alkyl carbamates (subject to hydrolysis) is 1. The molecule has 0 spiro atoms. The number of carbonyl (C=O) groups is 2. The first-order valence-corrected chi connectivity index (χ1v) is 20.7. The molecular weight excluding hydrogens is 631 g/mol. The number of esters is 1. The van der Waals surface area contributed by atoms with Crippen molar-refractivity contribution in [3.8, 4) is 11.1 Å². The first kappa shape index (κ1) is 35.5. The predicted molar refractivity (Wildman–Crippen MR) is 176 cm³/mol. The van der Waals surface area contributed by atoms with Crippen LogP contribution in [-0.2, 0) is 40.0 Å². The Balaban J connectivity index is 1.48. The summed E-state index contributed by atoms with van der Waals surface area (Å²) in [7, 11) is -6.29. The Morgan fingerprint density at radius 3 is 1.93 bits per heavy atom. The minimum absolute atomic E-state index is 0.0452. The van der Waals surface area contributed by atoms with Gasteiger partial charge in [-0.2, -0.15) is 8.78 Å². The van der Waals surface area contributed by atoms with Gasteiger partial charge >= 0.3 is 25.3 Å². The quantitative estimate of drug-likeness (QED) is 0.0984. The van der Waals surface area contributed by atoms with Crippen LogP contribution in [0.15, 0.2) is 72.8 Å². The molecule has 1 N–H and O–H groups in total. The maximum atomic E-state index is 15.2. The standard InChI is InChI=1S/C34H42F2NO7PSi/c1-6-43-45(40,44-7-2)34(35,36)25-18-16-24(17-19-25)22-31(32(38)41-20-21-46(3,4)5)37-33(39)42-23-30-28-14-10-8-12-26(28)27-13-9-11-15-29(27)30/h8-19,30-31H,6-7,20-23H2,1-5H3,(H,37,39)/t31-/m0/s1. The summed E-state index contributed by atoms with van der Waals surface area (Å²) in [5.41, 5.74) is 0.288. The number of amides is 1.